The lowest BCUT2D eigenvalue weighted by atomic mass is 9.90. The van der Waals surface area contributed by atoms with Gasteiger partial charge in [0.2, 0.25) is 0 Å². The van der Waals surface area contributed by atoms with Crippen LogP contribution in [0.25, 0.3) is 0 Å². The van der Waals surface area contributed by atoms with Crippen LogP contribution >= 0.6 is 0 Å². The van der Waals surface area contributed by atoms with Gasteiger partial charge in [-0.05, 0) is 23.6 Å². The molecular formula is C14H18O3. The molecule has 1 heterocycles. The van der Waals surface area contributed by atoms with Gasteiger partial charge in [0.05, 0.1) is 6.61 Å². The molecule has 1 fully saturated rings. The fraction of sp³-hybridized carbons (Fsp3) is 0.500. The van der Waals surface area contributed by atoms with Gasteiger partial charge in [-0.2, -0.15) is 0 Å². The van der Waals surface area contributed by atoms with Crippen LogP contribution in [0.1, 0.15) is 25.3 Å². The highest BCUT2D eigenvalue weighted by molar-refractivity contribution is 5.62. The second kappa shape index (κ2) is 5.32. The Morgan fingerprint density at radius 3 is 2.53 bits per heavy atom. The van der Waals surface area contributed by atoms with Gasteiger partial charge < -0.3 is 14.3 Å². The monoisotopic (exact) mass is 234 g/mol. The summed E-state index contributed by atoms with van der Waals surface area (Å²) >= 11 is 0. The maximum atomic E-state index is 11.0. The van der Waals surface area contributed by atoms with Gasteiger partial charge in [-0.3, -0.25) is 0 Å². The number of carbonyl (C=O) groups is 1. The van der Waals surface area contributed by atoms with Crippen LogP contribution in [0.4, 0.5) is 0 Å². The van der Waals surface area contributed by atoms with Gasteiger partial charge in [-0.1, -0.05) is 26.0 Å². The SMILES string of the molecule is CC(C)C(C=O)c1ccc(OCC2CO2)cc1. The second-order valence-electron chi connectivity index (χ2n) is 4.74. The number of ether oxygens (including phenoxy) is 2. The van der Waals surface area contributed by atoms with Crippen molar-refractivity contribution in [2.45, 2.75) is 25.9 Å². The van der Waals surface area contributed by atoms with E-state index in [1.165, 1.54) is 0 Å². The van der Waals surface area contributed by atoms with Gasteiger partial charge in [-0.15, -0.1) is 0 Å². The van der Waals surface area contributed by atoms with E-state index in [2.05, 4.69) is 0 Å². The highest BCUT2D eigenvalue weighted by Crippen LogP contribution is 2.24. The number of hydrogen-bond acceptors (Lipinski definition) is 3. The lowest BCUT2D eigenvalue weighted by molar-refractivity contribution is -0.109. The average Bonchev–Trinajstić information content (AvgIpc) is 3.12. The van der Waals surface area contributed by atoms with Crippen molar-refractivity contribution in [1.29, 1.82) is 0 Å². The Balaban J connectivity index is 1.97. The quantitative estimate of drug-likeness (QED) is 0.560. The Labute approximate surface area is 102 Å². The van der Waals surface area contributed by atoms with E-state index in [1.807, 2.05) is 38.1 Å². The number of hydrogen-bond donors (Lipinski definition) is 0. The molecule has 1 aromatic carbocycles. The molecule has 1 aromatic rings. The van der Waals surface area contributed by atoms with Crippen LogP contribution in [0.15, 0.2) is 24.3 Å². The topological polar surface area (TPSA) is 38.8 Å². The fourth-order valence-electron chi connectivity index (χ4n) is 1.76. The molecule has 0 aliphatic carbocycles. The molecule has 0 aromatic heterocycles. The van der Waals surface area contributed by atoms with Gasteiger partial charge in [0, 0.05) is 5.92 Å². The van der Waals surface area contributed by atoms with Crippen LogP contribution in [0.3, 0.4) is 0 Å². The largest absolute Gasteiger partial charge is 0.491 e. The summed E-state index contributed by atoms with van der Waals surface area (Å²) in [6, 6.07) is 7.75. The zero-order chi connectivity index (χ0) is 12.3. The molecule has 1 aliphatic heterocycles. The highest BCUT2D eigenvalue weighted by atomic mass is 16.6. The summed E-state index contributed by atoms with van der Waals surface area (Å²) in [4.78, 5) is 11.0. The van der Waals surface area contributed by atoms with Gasteiger partial charge in [0.1, 0.15) is 24.7 Å². The lowest BCUT2D eigenvalue weighted by Crippen LogP contribution is -2.08. The second-order valence-corrected chi connectivity index (χ2v) is 4.74. The molecule has 0 spiro atoms. The molecule has 1 saturated heterocycles. The van der Waals surface area contributed by atoms with E-state index in [9.17, 15) is 4.79 Å². The summed E-state index contributed by atoms with van der Waals surface area (Å²) < 4.78 is 10.6. The van der Waals surface area contributed by atoms with Crippen LogP contribution in [-0.2, 0) is 9.53 Å². The van der Waals surface area contributed by atoms with Crippen molar-refractivity contribution >= 4 is 6.29 Å². The maximum absolute atomic E-state index is 11.0. The molecule has 2 rings (SSSR count). The molecule has 0 radical (unpaired) electrons. The normalized spacial score (nSPS) is 20.1. The van der Waals surface area contributed by atoms with Crippen molar-refractivity contribution in [1.82, 2.24) is 0 Å². The average molecular weight is 234 g/mol. The first kappa shape index (κ1) is 12.1. The third kappa shape index (κ3) is 3.30. The van der Waals surface area contributed by atoms with Crippen molar-refractivity contribution in [3.8, 4) is 5.75 Å². The minimum absolute atomic E-state index is 0.0317. The number of aldehydes is 1. The molecule has 3 nitrogen and oxygen atoms in total. The van der Waals surface area contributed by atoms with Crippen molar-refractivity contribution in [2.75, 3.05) is 13.2 Å². The standard InChI is InChI=1S/C14H18O3/c1-10(2)14(7-15)11-3-5-12(6-4-11)16-8-13-9-17-13/h3-7,10,13-14H,8-9H2,1-2H3. The van der Waals surface area contributed by atoms with E-state index in [1.54, 1.807) is 0 Å². The molecule has 3 heteroatoms. The zero-order valence-electron chi connectivity index (χ0n) is 10.3. The van der Waals surface area contributed by atoms with Crippen LogP contribution in [0.2, 0.25) is 0 Å². The fourth-order valence-corrected chi connectivity index (χ4v) is 1.76. The summed E-state index contributed by atoms with van der Waals surface area (Å²) in [5.74, 6) is 1.12. The van der Waals surface area contributed by atoms with E-state index in [4.69, 9.17) is 9.47 Å². The highest BCUT2D eigenvalue weighted by Gasteiger charge is 2.23. The minimum atomic E-state index is -0.0317. The summed E-state index contributed by atoms with van der Waals surface area (Å²) in [6.07, 6.45) is 1.28. The lowest BCUT2D eigenvalue weighted by Gasteiger charge is -2.15. The Kier molecular flexibility index (Phi) is 3.79. The van der Waals surface area contributed by atoms with Crippen LogP contribution in [0, 0.1) is 5.92 Å². The Bertz CT molecular complexity index is 366. The number of benzene rings is 1. The van der Waals surface area contributed by atoms with Crippen LogP contribution < -0.4 is 4.74 Å². The van der Waals surface area contributed by atoms with Gasteiger partial charge in [0.25, 0.3) is 0 Å². The smallest absolute Gasteiger partial charge is 0.127 e. The minimum Gasteiger partial charge on any atom is -0.491 e. The first-order chi connectivity index (χ1) is 8.20. The van der Waals surface area contributed by atoms with Crippen molar-refractivity contribution in [3.63, 3.8) is 0 Å². The van der Waals surface area contributed by atoms with Gasteiger partial charge in [0.15, 0.2) is 0 Å². The molecule has 0 N–H and O–H groups in total. The van der Waals surface area contributed by atoms with Crippen LogP contribution in [-0.4, -0.2) is 25.6 Å². The number of rotatable bonds is 6. The first-order valence-electron chi connectivity index (χ1n) is 6.00. The Morgan fingerprint density at radius 1 is 1.41 bits per heavy atom. The molecule has 1 aliphatic rings. The van der Waals surface area contributed by atoms with Crippen LogP contribution in [0.5, 0.6) is 5.75 Å². The summed E-state index contributed by atoms with van der Waals surface area (Å²) in [5.41, 5.74) is 1.05. The van der Waals surface area contributed by atoms with E-state index in [0.29, 0.717) is 12.5 Å². The van der Waals surface area contributed by atoms with E-state index >= 15 is 0 Å². The predicted molar refractivity (Wildman–Crippen MR) is 65.3 cm³/mol. The summed E-state index contributed by atoms with van der Waals surface area (Å²) in [7, 11) is 0. The molecule has 0 amide bonds. The number of carbonyl (C=O) groups excluding carboxylic acids is 1. The van der Waals surface area contributed by atoms with E-state index in [-0.39, 0.29) is 12.0 Å². The van der Waals surface area contributed by atoms with E-state index in [0.717, 1.165) is 24.2 Å². The molecule has 92 valence electrons. The van der Waals surface area contributed by atoms with E-state index < -0.39 is 0 Å². The van der Waals surface area contributed by atoms with Gasteiger partial charge in [-0.25, -0.2) is 0 Å². The zero-order valence-corrected chi connectivity index (χ0v) is 10.3. The first-order valence-corrected chi connectivity index (χ1v) is 6.00. The molecule has 2 atom stereocenters. The number of epoxide rings is 1. The third-order valence-electron chi connectivity index (χ3n) is 2.97. The summed E-state index contributed by atoms with van der Waals surface area (Å²) in [5, 5.41) is 0. The molecule has 2 unspecified atom stereocenters. The molecule has 0 bridgehead atoms. The molecular weight excluding hydrogens is 216 g/mol. The maximum Gasteiger partial charge on any atom is 0.127 e. The third-order valence-corrected chi connectivity index (χ3v) is 2.97. The van der Waals surface area contributed by atoms with Crippen molar-refractivity contribution in [2.24, 2.45) is 5.92 Å². The van der Waals surface area contributed by atoms with Gasteiger partial charge >= 0.3 is 0 Å². The Hall–Kier alpha value is -1.35. The predicted octanol–water partition coefficient (Wildman–Crippen LogP) is 2.40. The van der Waals surface area contributed by atoms with Crippen molar-refractivity contribution < 1.29 is 14.3 Å². The summed E-state index contributed by atoms with van der Waals surface area (Å²) in [6.45, 7) is 5.51. The molecule has 0 saturated carbocycles. The molecule has 17 heavy (non-hydrogen) atoms. The Morgan fingerprint density at radius 2 is 2.06 bits per heavy atom. The van der Waals surface area contributed by atoms with Crippen molar-refractivity contribution in [3.05, 3.63) is 29.8 Å².